The molecule has 1 aromatic carbocycles. The normalized spacial score (nSPS) is 23.3. The molecule has 1 N–H and O–H groups in total. The van der Waals surface area contributed by atoms with Crippen LogP contribution in [0.15, 0.2) is 28.7 Å². The lowest BCUT2D eigenvalue weighted by Crippen LogP contribution is -2.62. The lowest BCUT2D eigenvalue weighted by atomic mass is 10.0. The van der Waals surface area contributed by atoms with Crippen LogP contribution in [-0.4, -0.2) is 57.7 Å². The molecule has 2 atom stereocenters. The largest absolute Gasteiger partial charge is 0.513 e. The van der Waals surface area contributed by atoms with E-state index >= 15 is 0 Å². The maximum Gasteiger partial charge on any atom is 0.513 e. The summed E-state index contributed by atoms with van der Waals surface area (Å²) in [5.41, 5.74) is 0.300. The lowest BCUT2D eigenvalue weighted by Gasteiger charge is -2.40. The number of benzene rings is 1. The molecule has 2 amide bonds. The molecule has 1 aliphatic rings. The third-order valence-electron chi connectivity index (χ3n) is 5.57. The van der Waals surface area contributed by atoms with Crippen molar-refractivity contribution in [3.05, 3.63) is 34.3 Å². The molecule has 5 nitrogen and oxygen atoms in total. The molecule has 0 aliphatic carbocycles. The van der Waals surface area contributed by atoms with Crippen LogP contribution in [0, 0.1) is 5.92 Å². The lowest BCUT2D eigenvalue weighted by molar-refractivity contribution is -0.893. The Morgan fingerprint density at radius 1 is 1.27 bits per heavy atom. The maximum absolute atomic E-state index is 13.0. The van der Waals surface area contributed by atoms with Crippen molar-refractivity contribution in [1.82, 2.24) is 4.90 Å². The van der Waals surface area contributed by atoms with Crippen LogP contribution in [0.4, 0.5) is 4.79 Å². The van der Waals surface area contributed by atoms with E-state index in [9.17, 15) is 14.7 Å². The van der Waals surface area contributed by atoms with Crippen molar-refractivity contribution in [2.75, 3.05) is 19.6 Å². The number of carboxylic acid groups (broad SMARTS) is 1. The molecular weight excluding hydrogens is 396 g/mol. The molecule has 1 fully saturated rings. The van der Waals surface area contributed by atoms with E-state index in [-0.39, 0.29) is 27.9 Å². The average Bonchev–Trinajstić information content (AvgIpc) is 2.98. The molecule has 0 spiro atoms. The van der Waals surface area contributed by atoms with E-state index in [2.05, 4.69) is 15.9 Å². The van der Waals surface area contributed by atoms with Gasteiger partial charge in [-0.3, -0.25) is 4.79 Å². The third kappa shape index (κ3) is 4.12. The van der Waals surface area contributed by atoms with E-state index < -0.39 is 6.09 Å². The van der Waals surface area contributed by atoms with Crippen molar-refractivity contribution in [3.8, 4) is 0 Å². The highest BCUT2D eigenvalue weighted by Crippen LogP contribution is 2.35. The van der Waals surface area contributed by atoms with Crippen LogP contribution >= 0.6 is 15.9 Å². The summed E-state index contributed by atoms with van der Waals surface area (Å²) in [5.74, 6) is 0.190. The highest BCUT2D eigenvalue weighted by atomic mass is 79.9. The quantitative estimate of drug-likeness (QED) is 0.716. The SMILES string of the molecule is CC(C)N(C[C@@H]1CC[N+](C(=O)O)(C(C)(C)C)C1)C(=O)c1ccc(Br)cc1. The predicted molar refractivity (Wildman–Crippen MR) is 106 cm³/mol. The molecule has 6 heteroatoms. The minimum atomic E-state index is -0.768. The minimum Gasteiger partial charge on any atom is -0.435 e. The van der Waals surface area contributed by atoms with Gasteiger partial charge in [-0.25, -0.2) is 4.48 Å². The smallest absolute Gasteiger partial charge is 0.435 e. The number of hydrogen-bond acceptors (Lipinski definition) is 2. The number of quaternary nitrogens is 1. The highest BCUT2D eigenvalue weighted by Gasteiger charge is 2.53. The standard InChI is InChI=1S/C20H29BrN2O3/c1-14(2)22(18(24)16-6-8-17(21)9-7-16)12-15-10-11-23(13-15,19(25)26)20(3,4)5/h6-9,14-15H,10-13H2,1-5H3/p+1/t15-,23?/m0/s1. The van der Waals surface area contributed by atoms with Crippen LogP contribution < -0.4 is 0 Å². The van der Waals surface area contributed by atoms with Crippen molar-refractivity contribution in [1.29, 1.82) is 0 Å². The van der Waals surface area contributed by atoms with Crippen LogP contribution in [-0.2, 0) is 0 Å². The number of carbonyl (C=O) groups is 2. The Hall–Kier alpha value is -1.40. The summed E-state index contributed by atoms with van der Waals surface area (Å²) in [4.78, 5) is 26.9. The molecule has 0 saturated carbocycles. The van der Waals surface area contributed by atoms with E-state index in [4.69, 9.17) is 0 Å². The molecule has 0 radical (unpaired) electrons. The van der Waals surface area contributed by atoms with Crippen LogP contribution in [0.3, 0.4) is 0 Å². The number of nitrogens with zero attached hydrogens (tertiary/aromatic N) is 2. The van der Waals surface area contributed by atoms with Crippen LogP contribution in [0.2, 0.25) is 0 Å². The van der Waals surface area contributed by atoms with Crippen LogP contribution in [0.5, 0.6) is 0 Å². The molecule has 1 heterocycles. The first-order chi connectivity index (χ1) is 12.0. The molecule has 144 valence electrons. The van der Waals surface area contributed by atoms with E-state index in [1.807, 2.05) is 63.8 Å². The van der Waals surface area contributed by atoms with E-state index in [1.54, 1.807) is 0 Å². The van der Waals surface area contributed by atoms with E-state index in [0.717, 1.165) is 10.9 Å². The van der Waals surface area contributed by atoms with E-state index in [0.29, 0.717) is 25.2 Å². The van der Waals surface area contributed by atoms with Gasteiger partial charge in [0.1, 0.15) is 5.54 Å². The van der Waals surface area contributed by atoms with Crippen LogP contribution in [0.25, 0.3) is 0 Å². The Labute approximate surface area is 164 Å². The van der Waals surface area contributed by atoms with Gasteiger partial charge in [-0.1, -0.05) is 15.9 Å². The fourth-order valence-corrected chi connectivity index (χ4v) is 4.07. The van der Waals surface area contributed by atoms with Gasteiger partial charge in [0.25, 0.3) is 5.91 Å². The van der Waals surface area contributed by atoms with E-state index in [1.165, 1.54) is 0 Å². The predicted octanol–water partition coefficient (Wildman–Crippen LogP) is 4.61. The summed E-state index contributed by atoms with van der Waals surface area (Å²) in [5, 5.41) is 9.86. The molecule has 0 aromatic heterocycles. The van der Waals surface area contributed by atoms with Gasteiger partial charge in [-0.15, -0.1) is 0 Å². The molecule has 0 bridgehead atoms. The second-order valence-corrected chi connectivity index (χ2v) is 9.46. The van der Waals surface area contributed by atoms with Crippen molar-refractivity contribution in [2.24, 2.45) is 5.92 Å². The summed E-state index contributed by atoms with van der Waals surface area (Å²) < 4.78 is 1.01. The number of likely N-dealkylation sites (tertiary alicyclic amines) is 1. The topological polar surface area (TPSA) is 57.6 Å². The van der Waals surface area contributed by atoms with Gasteiger partial charge < -0.3 is 10.0 Å². The van der Waals surface area contributed by atoms with Crippen LogP contribution in [0.1, 0.15) is 51.4 Å². The fraction of sp³-hybridized carbons (Fsp3) is 0.600. The molecule has 1 aliphatic heterocycles. The Kier molecular flexibility index (Phi) is 6.18. The van der Waals surface area contributed by atoms with Gasteiger partial charge in [0.05, 0.1) is 13.1 Å². The number of carbonyl (C=O) groups excluding carboxylic acids is 1. The summed E-state index contributed by atoms with van der Waals surface area (Å²) >= 11 is 3.39. The Balaban J connectivity index is 2.17. The molecule has 26 heavy (non-hydrogen) atoms. The summed E-state index contributed by atoms with van der Waals surface area (Å²) in [6, 6.07) is 7.44. The first-order valence-electron chi connectivity index (χ1n) is 9.15. The zero-order valence-corrected chi connectivity index (χ0v) is 17.9. The Morgan fingerprint density at radius 3 is 2.27 bits per heavy atom. The van der Waals surface area contributed by atoms with Crippen molar-refractivity contribution >= 4 is 27.9 Å². The number of hydrogen-bond donors (Lipinski definition) is 1. The summed E-state index contributed by atoms with van der Waals surface area (Å²) in [6.07, 6.45) is 0.0516. The average molecular weight is 426 g/mol. The van der Waals surface area contributed by atoms with Gasteiger partial charge in [-0.05, 0) is 58.9 Å². The first kappa shape index (κ1) is 20.9. The maximum atomic E-state index is 13.0. The monoisotopic (exact) mass is 425 g/mol. The molecular formula is C20H30BrN2O3+. The second kappa shape index (κ2) is 7.69. The minimum absolute atomic E-state index is 0.00332. The van der Waals surface area contributed by atoms with Gasteiger partial charge in [0.2, 0.25) is 0 Å². The Bertz CT molecular complexity index is 667. The molecule has 1 saturated heterocycles. The van der Waals surface area contributed by atoms with Crippen molar-refractivity contribution in [2.45, 2.75) is 52.6 Å². The van der Waals surface area contributed by atoms with Gasteiger partial charge >= 0.3 is 6.09 Å². The van der Waals surface area contributed by atoms with Gasteiger partial charge in [0, 0.05) is 35.0 Å². The first-order valence-corrected chi connectivity index (χ1v) is 9.94. The number of amides is 2. The van der Waals surface area contributed by atoms with Gasteiger partial charge in [-0.2, -0.15) is 4.79 Å². The second-order valence-electron chi connectivity index (χ2n) is 8.54. The molecule has 1 unspecified atom stereocenters. The summed E-state index contributed by atoms with van der Waals surface area (Å²) in [6.45, 7) is 11.7. The fourth-order valence-electron chi connectivity index (χ4n) is 3.81. The van der Waals surface area contributed by atoms with Gasteiger partial charge in [0.15, 0.2) is 0 Å². The molecule has 2 rings (SSSR count). The summed E-state index contributed by atoms with van der Waals surface area (Å²) in [7, 11) is 0. The zero-order chi connectivity index (χ0) is 19.7. The zero-order valence-electron chi connectivity index (χ0n) is 16.3. The van der Waals surface area contributed by atoms with Crippen molar-refractivity contribution < 1.29 is 19.2 Å². The highest BCUT2D eigenvalue weighted by molar-refractivity contribution is 9.10. The third-order valence-corrected chi connectivity index (χ3v) is 6.10. The number of halogens is 1. The van der Waals surface area contributed by atoms with Crippen molar-refractivity contribution in [3.63, 3.8) is 0 Å². The molecule has 1 aromatic rings. The Morgan fingerprint density at radius 2 is 1.85 bits per heavy atom. The number of rotatable bonds is 4.